The van der Waals surface area contributed by atoms with Gasteiger partial charge in [-0.1, -0.05) is 42.5 Å². The van der Waals surface area contributed by atoms with Crippen molar-refractivity contribution in [2.75, 3.05) is 0 Å². The van der Waals surface area contributed by atoms with Gasteiger partial charge in [-0.15, -0.1) is 0 Å². The van der Waals surface area contributed by atoms with Gasteiger partial charge in [0, 0.05) is 6.04 Å². The monoisotopic (exact) mass is 241 g/mol. The molecule has 0 saturated heterocycles. The van der Waals surface area contributed by atoms with E-state index in [-0.39, 0.29) is 6.04 Å². The third kappa shape index (κ3) is 1.92. The van der Waals surface area contributed by atoms with Crippen LogP contribution in [0.5, 0.6) is 0 Å². The fourth-order valence-electron chi connectivity index (χ4n) is 3.17. The van der Waals surface area contributed by atoms with Crippen LogP contribution in [0.4, 0.5) is 0 Å². The summed E-state index contributed by atoms with van der Waals surface area (Å²) in [5.74, 6) is 0. The maximum atomic E-state index is 10.9. The molecule has 0 bridgehead atoms. The molecule has 3 N–H and O–H groups in total. The van der Waals surface area contributed by atoms with Crippen LogP contribution in [0.2, 0.25) is 0 Å². The van der Waals surface area contributed by atoms with Crippen molar-refractivity contribution in [2.24, 2.45) is 5.73 Å². The van der Waals surface area contributed by atoms with Gasteiger partial charge in [-0.3, -0.25) is 0 Å². The summed E-state index contributed by atoms with van der Waals surface area (Å²) in [5.41, 5.74) is 6.32. The van der Waals surface area contributed by atoms with Crippen molar-refractivity contribution in [2.45, 2.75) is 37.3 Å². The molecule has 0 spiro atoms. The SMILES string of the molecule is NC1CCCC(O)(c2cccc3ccccc23)C1. The maximum absolute atomic E-state index is 10.9. The van der Waals surface area contributed by atoms with E-state index in [0.29, 0.717) is 6.42 Å². The van der Waals surface area contributed by atoms with E-state index in [9.17, 15) is 5.11 Å². The highest BCUT2D eigenvalue weighted by Gasteiger charge is 2.35. The Morgan fingerprint density at radius 2 is 1.89 bits per heavy atom. The van der Waals surface area contributed by atoms with Crippen LogP contribution in [0, 0.1) is 0 Å². The Hall–Kier alpha value is -1.38. The average Bonchev–Trinajstić information content (AvgIpc) is 2.38. The Labute approximate surface area is 107 Å². The van der Waals surface area contributed by atoms with E-state index in [2.05, 4.69) is 18.2 Å². The van der Waals surface area contributed by atoms with E-state index < -0.39 is 5.60 Å². The summed E-state index contributed by atoms with van der Waals surface area (Å²) in [6, 6.07) is 14.5. The van der Waals surface area contributed by atoms with Crippen LogP contribution in [-0.2, 0) is 5.60 Å². The molecule has 1 aliphatic rings. The first-order valence-electron chi connectivity index (χ1n) is 6.65. The molecular weight excluding hydrogens is 222 g/mol. The summed E-state index contributed by atoms with van der Waals surface area (Å²) in [7, 11) is 0. The molecule has 2 atom stereocenters. The molecule has 0 aromatic heterocycles. The molecule has 2 aromatic rings. The van der Waals surface area contributed by atoms with Crippen LogP contribution in [0.1, 0.15) is 31.2 Å². The zero-order valence-corrected chi connectivity index (χ0v) is 10.5. The number of hydrogen-bond acceptors (Lipinski definition) is 2. The van der Waals surface area contributed by atoms with Crippen molar-refractivity contribution < 1.29 is 5.11 Å². The van der Waals surface area contributed by atoms with Gasteiger partial charge in [-0.25, -0.2) is 0 Å². The molecule has 0 heterocycles. The minimum Gasteiger partial charge on any atom is -0.385 e. The van der Waals surface area contributed by atoms with Crippen LogP contribution in [0.25, 0.3) is 10.8 Å². The van der Waals surface area contributed by atoms with Crippen molar-refractivity contribution >= 4 is 10.8 Å². The third-order valence-corrected chi connectivity index (χ3v) is 4.06. The molecule has 2 nitrogen and oxygen atoms in total. The van der Waals surface area contributed by atoms with E-state index in [1.54, 1.807) is 0 Å². The van der Waals surface area contributed by atoms with E-state index in [4.69, 9.17) is 5.73 Å². The van der Waals surface area contributed by atoms with Gasteiger partial charge in [0.25, 0.3) is 0 Å². The van der Waals surface area contributed by atoms with Crippen molar-refractivity contribution in [1.29, 1.82) is 0 Å². The molecule has 18 heavy (non-hydrogen) atoms. The molecule has 2 unspecified atom stereocenters. The number of fused-ring (bicyclic) bond motifs is 1. The van der Waals surface area contributed by atoms with Crippen molar-refractivity contribution in [3.8, 4) is 0 Å². The number of nitrogens with two attached hydrogens (primary N) is 1. The molecule has 3 rings (SSSR count). The lowest BCUT2D eigenvalue weighted by Gasteiger charge is -2.36. The predicted octanol–water partition coefficient (Wildman–Crippen LogP) is 2.93. The number of rotatable bonds is 1. The fourth-order valence-corrected chi connectivity index (χ4v) is 3.17. The van der Waals surface area contributed by atoms with Crippen molar-refractivity contribution in [1.82, 2.24) is 0 Å². The summed E-state index contributed by atoms with van der Waals surface area (Å²) in [4.78, 5) is 0. The average molecular weight is 241 g/mol. The van der Waals surface area contributed by atoms with E-state index in [0.717, 1.165) is 30.2 Å². The number of hydrogen-bond donors (Lipinski definition) is 2. The smallest absolute Gasteiger partial charge is 0.0917 e. The van der Waals surface area contributed by atoms with Crippen LogP contribution in [-0.4, -0.2) is 11.1 Å². The molecule has 1 fully saturated rings. The second-order valence-corrected chi connectivity index (χ2v) is 5.41. The Kier molecular flexibility index (Phi) is 2.84. The highest BCUT2D eigenvalue weighted by atomic mass is 16.3. The van der Waals surface area contributed by atoms with E-state index >= 15 is 0 Å². The predicted molar refractivity (Wildman–Crippen MR) is 74.3 cm³/mol. The normalized spacial score (nSPS) is 28.4. The van der Waals surface area contributed by atoms with Gasteiger partial charge in [-0.2, -0.15) is 0 Å². The van der Waals surface area contributed by atoms with E-state index in [1.165, 1.54) is 5.39 Å². The van der Waals surface area contributed by atoms with E-state index in [1.807, 2.05) is 24.3 Å². The maximum Gasteiger partial charge on any atom is 0.0917 e. The van der Waals surface area contributed by atoms with Crippen LogP contribution >= 0.6 is 0 Å². The Morgan fingerprint density at radius 3 is 2.72 bits per heavy atom. The Morgan fingerprint density at radius 1 is 1.11 bits per heavy atom. The van der Waals surface area contributed by atoms with Gasteiger partial charge in [-0.05, 0) is 42.0 Å². The molecule has 0 amide bonds. The molecule has 2 aromatic carbocycles. The summed E-state index contributed by atoms with van der Waals surface area (Å²) >= 11 is 0. The van der Waals surface area contributed by atoms with Crippen LogP contribution < -0.4 is 5.73 Å². The zero-order chi connectivity index (χ0) is 12.6. The molecule has 0 radical (unpaired) electrons. The topological polar surface area (TPSA) is 46.2 Å². The standard InChI is InChI=1S/C16H19NO/c17-13-7-4-10-16(18,11-13)15-9-3-6-12-5-1-2-8-14(12)15/h1-3,5-6,8-9,13,18H,4,7,10-11,17H2. The minimum absolute atomic E-state index is 0.114. The first-order chi connectivity index (χ1) is 8.69. The number of benzene rings is 2. The van der Waals surface area contributed by atoms with Gasteiger partial charge >= 0.3 is 0 Å². The molecule has 0 aliphatic heterocycles. The first kappa shape index (κ1) is 11.7. The minimum atomic E-state index is -0.751. The molecule has 94 valence electrons. The van der Waals surface area contributed by atoms with Gasteiger partial charge < -0.3 is 10.8 Å². The lowest BCUT2D eigenvalue weighted by atomic mass is 9.76. The Bertz CT molecular complexity index is 561. The first-order valence-corrected chi connectivity index (χ1v) is 6.65. The summed E-state index contributed by atoms with van der Waals surface area (Å²) in [6.45, 7) is 0. The highest BCUT2D eigenvalue weighted by molar-refractivity contribution is 5.86. The molecule has 1 aliphatic carbocycles. The summed E-state index contributed by atoms with van der Waals surface area (Å²) in [5, 5.41) is 13.3. The van der Waals surface area contributed by atoms with Crippen molar-refractivity contribution in [3.63, 3.8) is 0 Å². The third-order valence-electron chi connectivity index (χ3n) is 4.06. The second kappa shape index (κ2) is 4.38. The Balaban J connectivity index is 2.13. The molecule has 1 saturated carbocycles. The zero-order valence-electron chi connectivity index (χ0n) is 10.5. The van der Waals surface area contributed by atoms with Gasteiger partial charge in [0.05, 0.1) is 5.60 Å². The fraction of sp³-hybridized carbons (Fsp3) is 0.375. The van der Waals surface area contributed by atoms with Gasteiger partial charge in [0.15, 0.2) is 0 Å². The highest BCUT2D eigenvalue weighted by Crippen LogP contribution is 2.39. The molecular formula is C16H19NO. The lowest BCUT2D eigenvalue weighted by Crippen LogP contribution is -2.39. The largest absolute Gasteiger partial charge is 0.385 e. The van der Waals surface area contributed by atoms with Crippen LogP contribution in [0.3, 0.4) is 0 Å². The lowest BCUT2D eigenvalue weighted by molar-refractivity contribution is -0.00581. The summed E-state index contributed by atoms with van der Waals surface area (Å²) < 4.78 is 0. The number of aliphatic hydroxyl groups is 1. The van der Waals surface area contributed by atoms with Gasteiger partial charge in [0.2, 0.25) is 0 Å². The summed E-state index contributed by atoms with van der Waals surface area (Å²) in [6.07, 6.45) is 3.50. The van der Waals surface area contributed by atoms with Crippen LogP contribution in [0.15, 0.2) is 42.5 Å². The second-order valence-electron chi connectivity index (χ2n) is 5.41. The van der Waals surface area contributed by atoms with Crippen molar-refractivity contribution in [3.05, 3.63) is 48.0 Å². The quantitative estimate of drug-likeness (QED) is 0.806. The molecule has 2 heteroatoms. The van der Waals surface area contributed by atoms with Gasteiger partial charge in [0.1, 0.15) is 0 Å².